The fourth-order valence-corrected chi connectivity index (χ4v) is 4.89. The van der Waals surface area contributed by atoms with Gasteiger partial charge in [-0.15, -0.1) is 11.3 Å². The van der Waals surface area contributed by atoms with Gasteiger partial charge in [0.25, 0.3) is 0 Å². The van der Waals surface area contributed by atoms with Crippen LogP contribution in [0.2, 0.25) is 0 Å². The Morgan fingerprint density at radius 1 is 1.29 bits per heavy atom. The lowest BCUT2D eigenvalue weighted by molar-refractivity contribution is 0.123. The summed E-state index contributed by atoms with van der Waals surface area (Å²) < 4.78 is 14.6. The minimum Gasteiger partial charge on any atom is -0.367 e. The highest BCUT2D eigenvalue weighted by molar-refractivity contribution is 7.11. The zero-order valence-corrected chi connectivity index (χ0v) is 18.2. The molecule has 2 unspecified atom stereocenters. The van der Waals surface area contributed by atoms with E-state index in [0.29, 0.717) is 5.92 Å². The fourth-order valence-electron chi connectivity index (χ4n) is 4.09. The van der Waals surface area contributed by atoms with Crippen molar-refractivity contribution in [1.82, 2.24) is 9.88 Å². The highest BCUT2D eigenvalue weighted by Crippen LogP contribution is 2.30. The number of piperazine rings is 1. The zero-order chi connectivity index (χ0) is 20.4. The van der Waals surface area contributed by atoms with Crippen LogP contribution in [0.3, 0.4) is 0 Å². The number of benzene rings is 1. The number of hydrogen-bond donors (Lipinski definition) is 0. The SMILES string of the molecule is Cc1cnc(CN2C(C)CN(c3cc(CC(C)C)cc(F)c3C#N)CC2C)s1. The summed E-state index contributed by atoms with van der Waals surface area (Å²) in [7, 11) is 0. The van der Waals surface area contributed by atoms with E-state index in [1.807, 2.05) is 12.3 Å². The molecule has 1 saturated heterocycles. The molecule has 0 radical (unpaired) electrons. The summed E-state index contributed by atoms with van der Waals surface area (Å²) in [5, 5.41) is 10.7. The molecule has 1 aromatic heterocycles. The van der Waals surface area contributed by atoms with Gasteiger partial charge in [0.15, 0.2) is 0 Å². The molecule has 4 nitrogen and oxygen atoms in total. The number of anilines is 1. The van der Waals surface area contributed by atoms with Crippen molar-refractivity contribution in [2.45, 2.75) is 59.7 Å². The molecule has 150 valence electrons. The third-order valence-electron chi connectivity index (χ3n) is 5.31. The van der Waals surface area contributed by atoms with Gasteiger partial charge in [-0.1, -0.05) is 13.8 Å². The molecule has 0 bridgehead atoms. The van der Waals surface area contributed by atoms with Crippen LogP contribution < -0.4 is 4.90 Å². The Balaban J connectivity index is 1.83. The molecule has 28 heavy (non-hydrogen) atoms. The van der Waals surface area contributed by atoms with Gasteiger partial charge >= 0.3 is 0 Å². The molecule has 1 aliphatic heterocycles. The van der Waals surface area contributed by atoms with E-state index in [9.17, 15) is 9.65 Å². The summed E-state index contributed by atoms with van der Waals surface area (Å²) in [5.41, 5.74) is 1.86. The monoisotopic (exact) mass is 400 g/mol. The van der Waals surface area contributed by atoms with Gasteiger partial charge in [-0.25, -0.2) is 9.37 Å². The Labute approximate surface area is 171 Å². The third kappa shape index (κ3) is 4.53. The fraction of sp³-hybridized carbons (Fsp3) is 0.545. The van der Waals surface area contributed by atoms with Crippen molar-refractivity contribution in [3.63, 3.8) is 0 Å². The number of aromatic nitrogens is 1. The summed E-state index contributed by atoms with van der Waals surface area (Å²) in [5.74, 6) is 0.0354. The van der Waals surface area contributed by atoms with Crippen molar-refractivity contribution >= 4 is 17.0 Å². The van der Waals surface area contributed by atoms with E-state index >= 15 is 0 Å². The van der Waals surface area contributed by atoms with Crippen molar-refractivity contribution in [2.75, 3.05) is 18.0 Å². The molecule has 0 N–H and O–H groups in total. The summed E-state index contributed by atoms with van der Waals surface area (Å²) >= 11 is 1.74. The number of nitrogens with zero attached hydrogens (tertiary/aromatic N) is 4. The predicted molar refractivity (Wildman–Crippen MR) is 113 cm³/mol. The normalized spacial score (nSPS) is 20.6. The van der Waals surface area contributed by atoms with Gasteiger partial charge in [0, 0.05) is 36.2 Å². The van der Waals surface area contributed by atoms with Crippen molar-refractivity contribution < 1.29 is 4.39 Å². The first kappa shape index (κ1) is 20.8. The number of aryl methyl sites for hydroxylation is 1. The molecule has 0 amide bonds. The molecule has 3 rings (SSSR count). The van der Waals surface area contributed by atoms with Gasteiger partial charge in [0.2, 0.25) is 0 Å². The Morgan fingerprint density at radius 2 is 1.96 bits per heavy atom. The highest BCUT2D eigenvalue weighted by atomic mass is 32.1. The predicted octanol–water partition coefficient (Wildman–Crippen LogP) is 4.76. The lowest BCUT2D eigenvalue weighted by atomic mass is 9.98. The number of halogens is 1. The zero-order valence-electron chi connectivity index (χ0n) is 17.4. The Morgan fingerprint density at radius 3 is 2.50 bits per heavy atom. The van der Waals surface area contributed by atoms with Crippen LogP contribution in [0.1, 0.15) is 48.7 Å². The van der Waals surface area contributed by atoms with Gasteiger partial charge in [0.05, 0.1) is 12.2 Å². The number of rotatable bonds is 5. The summed E-state index contributed by atoms with van der Waals surface area (Å²) in [4.78, 5) is 10.4. The van der Waals surface area contributed by atoms with Crippen LogP contribution in [0, 0.1) is 30.0 Å². The van der Waals surface area contributed by atoms with Gasteiger partial charge < -0.3 is 4.90 Å². The Kier molecular flexibility index (Phi) is 6.36. The van der Waals surface area contributed by atoms with Crippen molar-refractivity contribution in [2.24, 2.45) is 5.92 Å². The molecule has 1 aliphatic rings. The number of thiazole rings is 1. The number of hydrogen-bond acceptors (Lipinski definition) is 5. The lowest BCUT2D eigenvalue weighted by Crippen LogP contribution is -2.56. The summed E-state index contributed by atoms with van der Waals surface area (Å²) in [6, 6.07) is 6.20. The van der Waals surface area contributed by atoms with Crippen LogP contribution in [0.15, 0.2) is 18.3 Å². The Hall–Kier alpha value is -1.97. The molecule has 0 spiro atoms. The second-order valence-corrected chi connectivity index (χ2v) is 9.64. The van der Waals surface area contributed by atoms with E-state index < -0.39 is 5.82 Å². The van der Waals surface area contributed by atoms with E-state index in [-0.39, 0.29) is 17.6 Å². The summed E-state index contributed by atoms with van der Waals surface area (Å²) in [6.45, 7) is 13.1. The molecule has 0 saturated carbocycles. The third-order valence-corrected chi connectivity index (χ3v) is 6.21. The second-order valence-electron chi connectivity index (χ2n) is 8.32. The molecule has 1 fully saturated rings. The van der Waals surface area contributed by atoms with Crippen LogP contribution >= 0.6 is 11.3 Å². The maximum atomic E-state index is 14.6. The van der Waals surface area contributed by atoms with Crippen LogP contribution in [0.4, 0.5) is 10.1 Å². The average molecular weight is 401 g/mol. The standard InChI is InChI=1S/C22H29FN4S/c1-14(2)6-18-7-20(23)19(9-24)21(8-18)26-11-15(3)27(16(4)12-26)13-22-25-10-17(5)28-22/h7-8,10,14-16H,6,11-13H2,1-5H3. The maximum Gasteiger partial charge on any atom is 0.143 e. The van der Waals surface area contributed by atoms with Crippen molar-refractivity contribution in [1.29, 1.82) is 5.26 Å². The van der Waals surface area contributed by atoms with Crippen LogP contribution in [-0.4, -0.2) is 35.1 Å². The number of nitriles is 1. The molecule has 6 heteroatoms. The quantitative estimate of drug-likeness (QED) is 0.726. The molecule has 2 aromatic rings. The molecular weight excluding hydrogens is 371 g/mol. The minimum atomic E-state index is -0.406. The average Bonchev–Trinajstić information content (AvgIpc) is 3.02. The highest BCUT2D eigenvalue weighted by Gasteiger charge is 2.31. The maximum absolute atomic E-state index is 14.6. The van der Waals surface area contributed by atoms with Crippen LogP contribution in [-0.2, 0) is 13.0 Å². The van der Waals surface area contributed by atoms with Crippen molar-refractivity contribution in [3.05, 3.63) is 45.2 Å². The molecule has 0 aliphatic carbocycles. The topological polar surface area (TPSA) is 43.2 Å². The first-order valence-electron chi connectivity index (χ1n) is 9.93. The Bertz CT molecular complexity index is 858. The molecule has 1 aromatic carbocycles. The van der Waals surface area contributed by atoms with Gasteiger partial charge in [-0.3, -0.25) is 4.90 Å². The van der Waals surface area contributed by atoms with E-state index in [0.717, 1.165) is 42.3 Å². The minimum absolute atomic E-state index is 0.163. The molecule has 2 atom stereocenters. The first-order chi connectivity index (χ1) is 13.3. The van der Waals surface area contributed by atoms with Crippen molar-refractivity contribution in [3.8, 4) is 6.07 Å². The van der Waals surface area contributed by atoms with Crippen LogP contribution in [0.25, 0.3) is 0 Å². The van der Waals surface area contributed by atoms with Gasteiger partial charge in [-0.05, 0) is 50.8 Å². The van der Waals surface area contributed by atoms with E-state index in [2.05, 4.69) is 55.5 Å². The van der Waals surface area contributed by atoms with Crippen LogP contribution in [0.5, 0.6) is 0 Å². The van der Waals surface area contributed by atoms with E-state index in [4.69, 9.17) is 0 Å². The van der Waals surface area contributed by atoms with E-state index in [1.165, 1.54) is 10.9 Å². The largest absolute Gasteiger partial charge is 0.367 e. The second kappa shape index (κ2) is 8.59. The smallest absolute Gasteiger partial charge is 0.143 e. The van der Waals surface area contributed by atoms with E-state index in [1.54, 1.807) is 11.3 Å². The summed E-state index contributed by atoms with van der Waals surface area (Å²) in [6.07, 6.45) is 2.73. The molecular formula is C22H29FN4S. The lowest BCUT2D eigenvalue weighted by Gasteiger charge is -2.45. The van der Waals surface area contributed by atoms with Gasteiger partial charge in [0.1, 0.15) is 22.5 Å². The first-order valence-corrected chi connectivity index (χ1v) is 10.7. The van der Waals surface area contributed by atoms with Gasteiger partial charge in [-0.2, -0.15) is 5.26 Å². The molecule has 2 heterocycles.